The zero-order chi connectivity index (χ0) is 12.3. The van der Waals surface area contributed by atoms with Gasteiger partial charge in [0.2, 0.25) is 0 Å². The summed E-state index contributed by atoms with van der Waals surface area (Å²) in [7, 11) is 0. The molecule has 0 spiro atoms. The van der Waals surface area contributed by atoms with E-state index in [-0.39, 0.29) is 6.10 Å². The molecule has 1 rings (SSSR count). The molecule has 17 heavy (non-hydrogen) atoms. The van der Waals surface area contributed by atoms with Crippen LogP contribution in [-0.4, -0.2) is 37.5 Å². The van der Waals surface area contributed by atoms with Crippen molar-refractivity contribution in [1.82, 2.24) is 5.32 Å². The average molecular weight is 243 g/mol. The Labute approximate surface area is 106 Å². The third kappa shape index (κ3) is 7.74. The summed E-state index contributed by atoms with van der Waals surface area (Å²) in [5, 5.41) is 13.1. The maximum atomic E-state index is 9.69. The normalized spacial score (nSPS) is 19.4. The molecule has 0 aromatic heterocycles. The van der Waals surface area contributed by atoms with Crippen molar-refractivity contribution >= 4 is 0 Å². The highest BCUT2D eigenvalue weighted by Crippen LogP contribution is 2.22. The van der Waals surface area contributed by atoms with Crippen LogP contribution in [-0.2, 0) is 4.74 Å². The SMILES string of the molecule is CCCCOCC(O)CNCC1CCCCC1. The first kappa shape index (κ1) is 14.9. The van der Waals surface area contributed by atoms with Gasteiger partial charge in [-0.2, -0.15) is 0 Å². The number of nitrogens with one attached hydrogen (secondary N) is 1. The Morgan fingerprint density at radius 2 is 2.06 bits per heavy atom. The molecule has 0 amide bonds. The second kappa shape index (κ2) is 9.86. The van der Waals surface area contributed by atoms with Crippen LogP contribution in [0.2, 0.25) is 0 Å². The maximum absolute atomic E-state index is 9.69. The topological polar surface area (TPSA) is 41.5 Å². The van der Waals surface area contributed by atoms with Crippen LogP contribution in [0.4, 0.5) is 0 Å². The van der Waals surface area contributed by atoms with Gasteiger partial charge in [0.1, 0.15) is 0 Å². The molecule has 2 N–H and O–H groups in total. The molecule has 0 saturated heterocycles. The number of rotatable bonds is 9. The van der Waals surface area contributed by atoms with E-state index in [1.165, 1.54) is 32.1 Å². The zero-order valence-electron chi connectivity index (χ0n) is 11.3. The van der Waals surface area contributed by atoms with Crippen LogP contribution in [0.5, 0.6) is 0 Å². The molecule has 0 aromatic carbocycles. The average Bonchev–Trinajstić information content (AvgIpc) is 2.36. The first-order chi connectivity index (χ1) is 8.33. The third-order valence-corrected chi connectivity index (χ3v) is 3.49. The van der Waals surface area contributed by atoms with Crippen LogP contribution in [0.1, 0.15) is 51.9 Å². The van der Waals surface area contributed by atoms with Crippen LogP contribution in [0.25, 0.3) is 0 Å². The fourth-order valence-electron chi connectivity index (χ4n) is 2.37. The molecule has 1 aliphatic rings. The van der Waals surface area contributed by atoms with Gasteiger partial charge in [-0.3, -0.25) is 0 Å². The van der Waals surface area contributed by atoms with Gasteiger partial charge in [0.25, 0.3) is 0 Å². The highest BCUT2D eigenvalue weighted by molar-refractivity contribution is 4.69. The lowest BCUT2D eigenvalue weighted by molar-refractivity contribution is 0.0353. The first-order valence-electron chi connectivity index (χ1n) is 7.29. The summed E-state index contributed by atoms with van der Waals surface area (Å²) < 4.78 is 5.39. The number of unbranched alkanes of at least 4 members (excludes halogenated alkanes) is 1. The van der Waals surface area contributed by atoms with E-state index in [1.54, 1.807) is 0 Å². The second-order valence-electron chi connectivity index (χ2n) is 5.24. The van der Waals surface area contributed by atoms with Crippen molar-refractivity contribution in [3.05, 3.63) is 0 Å². The van der Waals surface area contributed by atoms with E-state index in [4.69, 9.17) is 4.74 Å². The van der Waals surface area contributed by atoms with Gasteiger partial charge in [-0.25, -0.2) is 0 Å². The van der Waals surface area contributed by atoms with Crippen LogP contribution in [0, 0.1) is 5.92 Å². The molecule has 1 atom stereocenters. The van der Waals surface area contributed by atoms with Crippen LogP contribution < -0.4 is 5.32 Å². The molecule has 0 bridgehead atoms. The van der Waals surface area contributed by atoms with E-state index in [1.807, 2.05) is 0 Å². The fourth-order valence-corrected chi connectivity index (χ4v) is 2.37. The van der Waals surface area contributed by atoms with Crippen LogP contribution >= 0.6 is 0 Å². The lowest BCUT2D eigenvalue weighted by Gasteiger charge is -2.22. The molecule has 1 aliphatic carbocycles. The van der Waals surface area contributed by atoms with Crippen molar-refractivity contribution < 1.29 is 9.84 Å². The largest absolute Gasteiger partial charge is 0.389 e. The molecule has 1 fully saturated rings. The highest BCUT2D eigenvalue weighted by Gasteiger charge is 2.13. The number of aliphatic hydroxyl groups is 1. The summed E-state index contributed by atoms with van der Waals surface area (Å²) in [6, 6.07) is 0. The van der Waals surface area contributed by atoms with Crippen molar-refractivity contribution in [2.75, 3.05) is 26.3 Å². The van der Waals surface area contributed by atoms with E-state index < -0.39 is 0 Å². The Morgan fingerprint density at radius 3 is 2.76 bits per heavy atom. The molecular formula is C14H29NO2. The Balaban J connectivity index is 1.90. The zero-order valence-corrected chi connectivity index (χ0v) is 11.3. The molecule has 0 aliphatic heterocycles. The van der Waals surface area contributed by atoms with Crippen molar-refractivity contribution in [2.24, 2.45) is 5.92 Å². The minimum atomic E-state index is -0.351. The molecule has 3 nitrogen and oxygen atoms in total. The van der Waals surface area contributed by atoms with Gasteiger partial charge >= 0.3 is 0 Å². The quantitative estimate of drug-likeness (QED) is 0.611. The maximum Gasteiger partial charge on any atom is 0.0897 e. The van der Waals surface area contributed by atoms with Crippen molar-refractivity contribution in [3.63, 3.8) is 0 Å². The van der Waals surface area contributed by atoms with Gasteiger partial charge < -0.3 is 15.2 Å². The Bertz CT molecular complexity index is 170. The summed E-state index contributed by atoms with van der Waals surface area (Å²) in [5.74, 6) is 0.831. The van der Waals surface area contributed by atoms with Crippen molar-refractivity contribution in [3.8, 4) is 0 Å². The molecule has 3 heteroatoms. The van der Waals surface area contributed by atoms with Gasteiger partial charge in [-0.05, 0) is 31.7 Å². The lowest BCUT2D eigenvalue weighted by atomic mass is 9.89. The molecule has 0 radical (unpaired) electrons. The fraction of sp³-hybridized carbons (Fsp3) is 1.00. The van der Waals surface area contributed by atoms with Gasteiger partial charge in [0, 0.05) is 13.2 Å². The number of hydrogen-bond donors (Lipinski definition) is 2. The lowest BCUT2D eigenvalue weighted by Crippen LogP contribution is -2.34. The van der Waals surface area contributed by atoms with E-state index in [0.717, 1.165) is 31.9 Å². The summed E-state index contributed by atoms with van der Waals surface area (Å²) >= 11 is 0. The minimum absolute atomic E-state index is 0.351. The summed E-state index contributed by atoms with van der Waals surface area (Å²) in [6.07, 6.45) is 8.77. The van der Waals surface area contributed by atoms with E-state index in [9.17, 15) is 5.11 Å². The molecule has 1 saturated carbocycles. The third-order valence-electron chi connectivity index (χ3n) is 3.49. The molecule has 1 unspecified atom stereocenters. The molecule has 102 valence electrons. The smallest absolute Gasteiger partial charge is 0.0897 e. The van der Waals surface area contributed by atoms with Crippen molar-refractivity contribution in [2.45, 2.75) is 58.0 Å². The van der Waals surface area contributed by atoms with Crippen LogP contribution in [0.3, 0.4) is 0 Å². The van der Waals surface area contributed by atoms with E-state index in [0.29, 0.717) is 13.2 Å². The van der Waals surface area contributed by atoms with Gasteiger partial charge in [-0.15, -0.1) is 0 Å². The number of ether oxygens (including phenoxy) is 1. The first-order valence-corrected chi connectivity index (χ1v) is 7.29. The van der Waals surface area contributed by atoms with Gasteiger partial charge in [-0.1, -0.05) is 32.6 Å². The van der Waals surface area contributed by atoms with E-state index in [2.05, 4.69) is 12.2 Å². The predicted octanol–water partition coefficient (Wildman–Crippen LogP) is 2.33. The Morgan fingerprint density at radius 1 is 1.29 bits per heavy atom. The highest BCUT2D eigenvalue weighted by atomic mass is 16.5. The Kier molecular flexibility index (Phi) is 8.67. The molecule has 0 aromatic rings. The molecule has 0 heterocycles. The Hall–Kier alpha value is -0.120. The number of hydrogen-bond acceptors (Lipinski definition) is 3. The number of aliphatic hydroxyl groups excluding tert-OH is 1. The minimum Gasteiger partial charge on any atom is -0.389 e. The predicted molar refractivity (Wildman–Crippen MR) is 71.2 cm³/mol. The van der Waals surface area contributed by atoms with Crippen molar-refractivity contribution in [1.29, 1.82) is 0 Å². The summed E-state index contributed by atoms with van der Waals surface area (Å²) in [6.45, 7) is 5.12. The van der Waals surface area contributed by atoms with Gasteiger partial charge in [0.05, 0.1) is 12.7 Å². The molecular weight excluding hydrogens is 214 g/mol. The standard InChI is InChI=1S/C14H29NO2/c1-2-3-9-17-12-14(16)11-15-10-13-7-5-4-6-8-13/h13-16H,2-12H2,1H3. The van der Waals surface area contributed by atoms with Crippen LogP contribution in [0.15, 0.2) is 0 Å². The summed E-state index contributed by atoms with van der Waals surface area (Å²) in [4.78, 5) is 0. The second-order valence-corrected chi connectivity index (χ2v) is 5.24. The van der Waals surface area contributed by atoms with E-state index >= 15 is 0 Å². The summed E-state index contributed by atoms with van der Waals surface area (Å²) in [5.41, 5.74) is 0. The monoisotopic (exact) mass is 243 g/mol. The van der Waals surface area contributed by atoms with Gasteiger partial charge in [0.15, 0.2) is 0 Å².